The zero-order chi connectivity index (χ0) is 15.5. The minimum Gasteiger partial charge on any atom is -0.496 e. The fourth-order valence-corrected chi connectivity index (χ4v) is 2.64. The van der Waals surface area contributed by atoms with Crippen LogP contribution >= 0.6 is 0 Å². The zero-order valence-corrected chi connectivity index (χ0v) is 12.4. The van der Waals surface area contributed by atoms with E-state index in [0.29, 0.717) is 17.0 Å². The fourth-order valence-electron chi connectivity index (χ4n) is 2.64. The molecule has 5 nitrogen and oxygen atoms in total. The second kappa shape index (κ2) is 6.27. The van der Waals surface area contributed by atoms with E-state index >= 15 is 0 Å². The number of nitrogens with zero attached hydrogens (tertiary/aromatic N) is 3. The highest BCUT2D eigenvalue weighted by atomic mass is 19.1. The van der Waals surface area contributed by atoms with Crippen LogP contribution in [0.5, 0.6) is 5.75 Å². The van der Waals surface area contributed by atoms with Gasteiger partial charge in [0.2, 0.25) is 0 Å². The van der Waals surface area contributed by atoms with Crippen molar-refractivity contribution in [2.24, 2.45) is 0 Å². The molecular formula is C16H18FN3O2. The van der Waals surface area contributed by atoms with E-state index in [0.717, 1.165) is 31.7 Å². The summed E-state index contributed by atoms with van der Waals surface area (Å²) >= 11 is 0. The third-order valence-corrected chi connectivity index (χ3v) is 3.88. The van der Waals surface area contributed by atoms with Crippen molar-refractivity contribution in [3.63, 3.8) is 0 Å². The van der Waals surface area contributed by atoms with Gasteiger partial charge in [0.1, 0.15) is 23.7 Å². The van der Waals surface area contributed by atoms with E-state index < -0.39 is 0 Å². The highest BCUT2D eigenvalue weighted by molar-refractivity contribution is 5.69. The Morgan fingerprint density at radius 1 is 1.23 bits per heavy atom. The lowest BCUT2D eigenvalue weighted by Gasteiger charge is -2.30. The number of methoxy groups -OCH3 is 1. The van der Waals surface area contributed by atoms with Gasteiger partial charge in [0.05, 0.1) is 18.9 Å². The molecule has 1 aliphatic heterocycles. The number of hydrogen-bond acceptors (Lipinski definition) is 5. The summed E-state index contributed by atoms with van der Waals surface area (Å²) in [5.41, 5.74) is 1.22. The summed E-state index contributed by atoms with van der Waals surface area (Å²) in [6.07, 6.45) is 2.69. The molecule has 2 heterocycles. The van der Waals surface area contributed by atoms with Gasteiger partial charge in [-0.15, -0.1) is 0 Å². The van der Waals surface area contributed by atoms with Gasteiger partial charge in [0.15, 0.2) is 0 Å². The van der Waals surface area contributed by atoms with Crippen LogP contribution in [0.25, 0.3) is 11.3 Å². The van der Waals surface area contributed by atoms with Crippen molar-refractivity contribution >= 4 is 5.82 Å². The lowest BCUT2D eigenvalue weighted by molar-refractivity contribution is 0.145. The van der Waals surface area contributed by atoms with E-state index in [9.17, 15) is 9.50 Å². The lowest BCUT2D eigenvalue weighted by atomic mass is 10.1. The molecule has 3 rings (SSSR count). The number of rotatable bonds is 3. The molecular weight excluding hydrogens is 285 g/mol. The first-order valence-electron chi connectivity index (χ1n) is 7.26. The second-order valence-corrected chi connectivity index (χ2v) is 5.32. The maximum atomic E-state index is 13.5. The Labute approximate surface area is 128 Å². The van der Waals surface area contributed by atoms with Crippen LogP contribution in [0.1, 0.15) is 12.8 Å². The monoisotopic (exact) mass is 303 g/mol. The lowest BCUT2D eigenvalue weighted by Crippen LogP contribution is -2.36. The Bertz CT molecular complexity index is 658. The van der Waals surface area contributed by atoms with Gasteiger partial charge >= 0.3 is 0 Å². The quantitative estimate of drug-likeness (QED) is 0.942. The van der Waals surface area contributed by atoms with Crippen molar-refractivity contribution in [3.05, 3.63) is 36.4 Å². The van der Waals surface area contributed by atoms with Crippen LogP contribution in [-0.2, 0) is 0 Å². The Hall–Kier alpha value is -2.21. The van der Waals surface area contributed by atoms with E-state index in [1.54, 1.807) is 13.2 Å². The summed E-state index contributed by atoms with van der Waals surface area (Å²) in [6.45, 7) is 1.50. The van der Waals surface area contributed by atoms with Gasteiger partial charge in [-0.1, -0.05) is 0 Å². The normalized spacial score (nSPS) is 15.9. The van der Waals surface area contributed by atoms with Crippen molar-refractivity contribution in [2.45, 2.75) is 18.9 Å². The number of aliphatic hydroxyl groups excluding tert-OH is 1. The molecule has 0 atom stereocenters. The summed E-state index contributed by atoms with van der Waals surface area (Å²) in [5, 5.41) is 9.59. The van der Waals surface area contributed by atoms with Gasteiger partial charge < -0.3 is 14.7 Å². The molecule has 0 radical (unpaired) electrons. The Morgan fingerprint density at radius 2 is 2.00 bits per heavy atom. The molecule has 0 amide bonds. The summed E-state index contributed by atoms with van der Waals surface area (Å²) < 4.78 is 18.8. The van der Waals surface area contributed by atoms with E-state index in [4.69, 9.17) is 4.74 Å². The van der Waals surface area contributed by atoms with Crippen molar-refractivity contribution in [2.75, 3.05) is 25.1 Å². The Balaban J connectivity index is 1.93. The van der Waals surface area contributed by atoms with Gasteiger partial charge in [-0.3, -0.25) is 0 Å². The Morgan fingerprint density at radius 3 is 2.73 bits per heavy atom. The molecule has 2 aromatic rings. The molecule has 1 aromatic heterocycles. The molecule has 1 N–H and O–H groups in total. The average molecular weight is 303 g/mol. The van der Waals surface area contributed by atoms with Gasteiger partial charge in [-0.05, 0) is 31.0 Å². The van der Waals surface area contributed by atoms with Crippen LogP contribution in [0.15, 0.2) is 30.6 Å². The van der Waals surface area contributed by atoms with Crippen molar-refractivity contribution < 1.29 is 14.2 Å². The number of hydrogen-bond donors (Lipinski definition) is 1. The van der Waals surface area contributed by atoms with Gasteiger partial charge in [0.25, 0.3) is 0 Å². The van der Waals surface area contributed by atoms with Crippen LogP contribution in [0.4, 0.5) is 10.2 Å². The number of aliphatic hydroxyl groups is 1. The summed E-state index contributed by atoms with van der Waals surface area (Å²) in [5.74, 6) is 1.01. The van der Waals surface area contributed by atoms with Crippen LogP contribution < -0.4 is 9.64 Å². The SMILES string of the molecule is COc1ccc(F)cc1-c1cc(N2CCC(O)CC2)ncn1. The van der Waals surface area contributed by atoms with Crippen LogP contribution in [0.2, 0.25) is 0 Å². The van der Waals surface area contributed by atoms with E-state index in [1.165, 1.54) is 18.5 Å². The summed E-state index contributed by atoms with van der Waals surface area (Å²) in [6, 6.07) is 6.18. The first-order valence-corrected chi connectivity index (χ1v) is 7.26. The predicted molar refractivity (Wildman–Crippen MR) is 81.4 cm³/mol. The molecule has 1 aromatic carbocycles. The molecule has 22 heavy (non-hydrogen) atoms. The third-order valence-electron chi connectivity index (χ3n) is 3.88. The molecule has 0 bridgehead atoms. The van der Waals surface area contributed by atoms with Crippen molar-refractivity contribution in [3.8, 4) is 17.0 Å². The fraction of sp³-hybridized carbons (Fsp3) is 0.375. The standard InChI is InChI=1S/C16H18FN3O2/c1-22-15-3-2-11(17)8-13(15)14-9-16(19-10-18-14)20-6-4-12(21)5-7-20/h2-3,8-10,12,21H,4-7H2,1H3. The smallest absolute Gasteiger partial charge is 0.132 e. The first kappa shape index (κ1) is 14.7. The van der Waals surface area contributed by atoms with E-state index in [2.05, 4.69) is 14.9 Å². The maximum absolute atomic E-state index is 13.5. The summed E-state index contributed by atoms with van der Waals surface area (Å²) in [7, 11) is 1.55. The van der Waals surface area contributed by atoms with Crippen molar-refractivity contribution in [1.82, 2.24) is 9.97 Å². The number of halogens is 1. The number of ether oxygens (including phenoxy) is 1. The van der Waals surface area contributed by atoms with E-state index in [1.807, 2.05) is 6.07 Å². The molecule has 0 unspecified atom stereocenters. The van der Waals surface area contributed by atoms with Crippen LogP contribution in [0, 0.1) is 5.82 Å². The molecule has 1 saturated heterocycles. The second-order valence-electron chi connectivity index (χ2n) is 5.32. The third kappa shape index (κ3) is 3.01. The molecule has 116 valence electrons. The molecule has 0 saturated carbocycles. The number of piperidine rings is 1. The zero-order valence-electron chi connectivity index (χ0n) is 12.4. The van der Waals surface area contributed by atoms with E-state index in [-0.39, 0.29) is 11.9 Å². The largest absolute Gasteiger partial charge is 0.496 e. The number of aromatic nitrogens is 2. The summed E-state index contributed by atoms with van der Waals surface area (Å²) in [4.78, 5) is 10.6. The highest BCUT2D eigenvalue weighted by Crippen LogP contribution is 2.31. The predicted octanol–water partition coefficient (Wildman–Crippen LogP) is 2.25. The van der Waals surface area contributed by atoms with Crippen LogP contribution in [-0.4, -0.2) is 41.4 Å². The van der Waals surface area contributed by atoms with Gasteiger partial charge in [-0.25, -0.2) is 14.4 Å². The van der Waals surface area contributed by atoms with Crippen molar-refractivity contribution in [1.29, 1.82) is 0 Å². The minimum atomic E-state index is -0.336. The average Bonchev–Trinajstić information content (AvgIpc) is 2.55. The minimum absolute atomic E-state index is 0.235. The number of benzene rings is 1. The first-order chi connectivity index (χ1) is 10.7. The highest BCUT2D eigenvalue weighted by Gasteiger charge is 2.19. The molecule has 0 aliphatic carbocycles. The van der Waals surface area contributed by atoms with Crippen LogP contribution in [0.3, 0.4) is 0 Å². The van der Waals surface area contributed by atoms with Gasteiger partial charge in [-0.2, -0.15) is 0 Å². The van der Waals surface area contributed by atoms with Gasteiger partial charge in [0, 0.05) is 24.7 Å². The number of anilines is 1. The topological polar surface area (TPSA) is 58.5 Å². The molecule has 1 fully saturated rings. The molecule has 0 spiro atoms. The Kier molecular flexibility index (Phi) is 4.20. The molecule has 6 heteroatoms. The maximum Gasteiger partial charge on any atom is 0.132 e. The molecule has 1 aliphatic rings.